The fourth-order valence-corrected chi connectivity index (χ4v) is 7.46. The monoisotopic (exact) mass is 748 g/mol. The van der Waals surface area contributed by atoms with Crippen LogP contribution in [0.15, 0.2) is 114 Å². The number of benzene rings is 4. The summed E-state index contributed by atoms with van der Waals surface area (Å²) in [6.07, 6.45) is 0.224. The van der Waals surface area contributed by atoms with Crippen molar-refractivity contribution >= 4 is 44.8 Å². The van der Waals surface area contributed by atoms with Crippen LogP contribution < -0.4 is 10.0 Å². The Morgan fingerprint density at radius 2 is 1.57 bits per heavy atom. The summed E-state index contributed by atoms with van der Waals surface area (Å²) in [5.74, 6) is -0.620. The molecule has 5 atom stereocenters. The first-order chi connectivity index (χ1) is 24.5. The number of hydrogen-bond acceptors (Lipinski definition) is 7. The fourth-order valence-electron chi connectivity index (χ4n) is 5.96. The zero-order valence-electron chi connectivity index (χ0n) is 27.9. The van der Waals surface area contributed by atoms with Gasteiger partial charge in [-0.25, -0.2) is 13.4 Å². The molecule has 1 aliphatic rings. The molecule has 51 heavy (non-hydrogen) atoms. The molecule has 266 valence electrons. The molecule has 5 aromatic rings. The van der Waals surface area contributed by atoms with Gasteiger partial charge in [-0.3, -0.25) is 4.79 Å². The van der Waals surface area contributed by atoms with Gasteiger partial charge >= 0.3 is 0 Å². The number of sulfonamides is 1. The standard InChI is InChI=1S/C38H38Cl2N4O6S/c1-24-8-18-31(19-9-24)51(47,48)43-32(20-26-6-4-3-5-7-26)37(46)42-30-16-14-29(15-17-30)38-49-33(21-44-23-41-35(39)36(44)40)25(2)34(50-38)28-12-10-27(22-45)11-13-28/h3-19,23,25,32-34,38,43,45H,20-22H2,1-2H3,(H,42,46)/t25-,32-,33+,34+,38+/m1/s1. The Labute approximate surface area is 307 Å². The molecule has 0 aliphatic carbocycles. The number of imidazole rings is 1. The Morgan fingerprint density at radius 3 is 2.20 bits per heavy atom. The SMILES string of the molecule is Cc1ccc(S(=O)(=O)N[C@H](Cc2ccccc2)C(=O)Nc2ccc([C@H]3O[C@@H](Cn4cnc(Cl)c4Cl)[C@@H](C)[C@@H](c4ccc(CO)cc4)O3)cc2)cc1. The van der Waals surface area contributed by atoms with Crippen LogP contribution in [0.5, 0.6) is 0 Å². The molecular formula is C38H38Cl2N4O6S. The second-order valence-corrected chi connectivity index (χ2v) is 15.0. The van der Waals surface area contributed by atoms with E-state index in [1.807, 2.05) is 68.4 Å². The minimum absolute atomic E-state index is 0.0654. The van der Waals surface area contributed by atoms with Crippen molar-refractivity contribution in [2.75, 3.05) is 5.32 Å². The van der Waals surface area contributed by atoms with E-state index in [1.165, 1.54) is 12.1 Å². The number of aliphatic hydroxyl groups is 1. The maximum Gasteiger partial charge on any atom is 0.242 e. The first-order valence-electron chi connectivity index (χ1n) is 16.4. The number of hydrogen-bond donors (Lipinski definition) is 3. The molecule has 13 heteroatoms. The van der Waals surface area contributed by atoms with Crippen molar-refractivity contribution in [3.05, 3.63) is 148 Å². The average Bonchev–Trinajstić information content (AvgIpc) is 3.45. The second kappa shape index (κ2) is 16.1. The van der Waals surface area contributed by atoms with E-state index in [4.69, 9.17) is 32.7 Å². The normalized spacial score (nSPS) is 19.8. The molecule has 10 nitrogen and oxygen atoms in total. The molecule has 0 radical (unpaired) electrons. The van der Waals surface area contributed by atoms with Crippen LogP contribution >= 0.6 is 23.2 Å². The molecule has 0 bridgehead atoms. The number of nitrogens with one attached hydrogen (secondary N) is 2. The van der Waals surface area contributed by atoms with Gasteiger partial charge in [-0.1, -0.05) is 115 Å². The number of aliphatic hydroxyl groups excluding tert-OH is 1. The van der Waals surface area contributed by atoms with Crippen LogP contribution in [-0.2, 0) is 43.9 Å². The Balaban J connectivity index is 1.21. The van der Waals surface area contributed by atoms with Crippen LogP contribution in [0.25, 0.3) is 0 Å². The molecule has 1 aliphatic heterocycles. The van der Waals surface area contributed by atoms with Gasteiger partial charge in [0.25, 0.3) is 0 Å². The van der Waals surface area contributed by atoms with Crippen molar-refractivity contribution in [3.63, 3.8) is 0 Å². The summed E-state index contributed by atoms with van der Waals surface area (Å²) in [5.41, 5.74) is 4.61. The van der Waals surface area contributed by atoms with Crippen LogP contribution in [0.2, 0.25) is 10.3 Å². The van der Waals surface area contributed by atoms with Crippen molar-refractivity contribution in [2.45, 2.75) is 62.9 Å². The molecule has 4 aromatic carbocycles. The first kappa shape index (κ1) is 36.7. The van der Waals surface area contributed by atoms with E-state index in [9.17, 15) is 18.3 Å². The number of carbonyl (C=O) groups is 1. The summed E-state index contributed by atoms with van der Waals surface area (Å²) in [6.45, 7) is 4.22. The number of ether oxygens (including phenoxy) is 2. The Morgan fingerprint density at radius 1 is 0.902 bits per heavy atom. The highest BCUT2D eigenvalue weighted by Crippen LogP contribution is 2.42. The topological polar surface area (TPSA) is 132 Å². The molecule has 3 N–H and O–H groups in total. The number of nitrogens with zero attached hydrogens (tertiary/aromatic N) is 2. The van der Waals surface area contributed by atoms with E-state index in [0.29, 0.717) is 22.9 Å². The maximum absolute atomic E-state index is 13.7. The number of rotatable bonds is 12. The second-order valence-electron chi connectivity index (χ2n) is 12.6. The molecule has 0 saturated carbocycles. The van der Waals surface area contributed by atoms with Crippen molar-refractivity contribution in [1.29, 1.82) is 0 Å². The largest absolute Gasteiger partial charge is 0.392 e. The average molecular weight is 750 g/mol. The van der Waals surface area contributed by atoms with Gasteiger partial charge in [-0.2, -0.15) is 4.72 Å². The predicted octanol–water partition coefficient (Wildman–Crippen LogP) is 7.01. The van der Waals surface area contributed by atoms with Crippen molar-refractivity contribution in [2.24, 2.45) is 5.92 Å². The van der Waals surface area contributed by atoms with Gasteiger partial charge in [0.15, 0.2) is 11.4 Å². The summed E-state index contributed by atoms with van der Waals surface area (Å²) in [7, 11) is -4.00. The van der Waals surface area contributed by atoms with Gasteiger partial charge in [0.05, 0.1) is 36.6 Å². The molecule has 6 rings (SSSR count). The van der Waals surface area contributed by atoms with E-state index >= 15 is 0 Å². The van der Waals surface area contributed by atoms with Crippen molar-refractivity contribution in [3.8, 4) is 0 Å². The lowest BCUT2D eigenvalue weighted by molar-refractivity contribution is -0.276. The molecule has 1 aromatic heterocycles. The Hall–Kier alpha value is -4.07. The predicted molar refractivity (Wildman–Crippen MR) is 196 cm³/mol. The number of halogens is 2. The van der Waals surface area contributed by atoms with E-state index in [1.54, 1.807) is 47.3 Å². The summed E-state index contributed by atoms with van der Waals surface area (Å²) in [5, 5.41) is 12.9. The molecule has 0 unspecified atom stereocenters. The third-order valence-corrected chi connectivity index (χ3v) is 11.2. The van der Waals surface area contributed by atoms with Gasteiger partial charge in [0.1, 0.15) is 11.2 Å². The third kappa shape index (κ3) is 8.88. The minimum atomic E-state index is -4.00. The number of anilines is 1. The lowest BCUT2D eigenvalue weighted by Crippen LogP contribution is -2.45. The molecule has 1 amide bonds. The number of aromatic nitrogens is 2. The third-order valence-electron chi connectivity index (χ3n) is 8.91. The maximum atomic E-state index is 13.7. The smallest absolute Gasteiger partial charge is 0.242 e. The van der Waals surface area contributed by atoms with Gasteiger partial charge in [0.2, 0.25) is 15.9 Å². The molecule has 2 heterocycles. The molecule has 1 fully saturated rings. The Bertz CT molecular complexity index is 2040. The lowest BCUT2D eigenvalue weighted by Gasteiger charge is -2.41. The van der Waals surface area contributed by atoms with E-state index < -0.39 is 28.3 Å². The van der Waals surface area contributed by atoms with Crippen LogP contribution in [0.4, 0.5) is 5.69 Å². The van der Waals surface area contributed by atoms with Crippen LogP contribution in [-0.4, -0.2) is 41.1 Å². The van der Waals surface area contributed by atoms with E-state index in [0.717, 1.165) is 22.3 Å². The van der Waals surface area contributed by atoms with Gasteiger partial charge in [-0.15, -0.1) is 0 Å². The number of carbonyl (C=O) groups excluding carboxylic acids is 1. The molecule has 0 spiro atoms. The summed E-state index contributed by atoms with van der Waals surface area (Å²) in [4.78, 5) is 17.8. The van der Waals surface area contributed by atoms with Gasteiger partial charge < -0.3 is 24.5 Å². The Kier molecular flexibility index (Phi) is 11.6. The fraction of sp³-hybridized carbons (Fsp3) is 0.263. The molecular weight excluding hydrogens is 711 g/mol. The number of aryl methyl sites for hydroxylation is 1. The first-order valence-corrected chi connectivity index (χ1v) is 18.6. The zero-order chi connectivity index (χ0) is 36.1. The van der Waals surface area contributed by atoms with E-state index in [2.05, 4.69) is 15.0 Å². The van der Waals surface area contributed by atoms with Gasteiger partial charge in [-0.05, 0) is 54.3 Å². The van der Waals surface area contributed by atoms with Crippen molar-refractivity contribution in [1.82, 2.24) is 14.3 Å². The summed E-state index contributed by atoms with van der Waals surface area (Å²) >= 11 is 12.5. The number of amides is 1. The summed E-state index contributed by atoms with van der Waals surface area (Å²) < 4.78 is 44.0. The highest BCUT2D eigenvalue weighted by molar-refractivity contribution is 7.89. The van der Waals surface area contributed by atoms with Gasteiger partial charge in [0, 0.05) is 17.2 Å². The zero-order valence-corrected chi connectivity index (χ0v) is 30.3. The highest BCUT2D eigenvalue weighted by atomic mass is 35.5. The highest BCUT2D eigenvalue weighted by Gasteiger charge is 2.39. The van der Waals surface area contributed by atoms with Crippen LogP contribution in [0.3, 0.4) is 0 Å². The van der Waals surface area contributed by atoms with E-state index in [-0.39, 0.29) is 41.2 Å². The summed E-state index contributed by atoms with van der Waals surface area (Å²) in [6, 6.07) is 29.2. The lowest BCUT2D eigenvalue weighted by atomic mass is 9.90. The molecule has 1 saturated heterocycles. The van der Waals surface area contributed by atoms with Crippen LogP contribution in [0, 0.1) is 12.8 Å². The van der Waals surface area contributed by atoms with Crippen LogP contribution in [0.1, 0.15) is 47.1 Å². The van der Waals surface area contributed by atoms with Crippen molar-refractivity contribution < 1.29 is 27.8 Å². The minimum Gasteiger partial charge on any atom is -0.392 e. The quantitative estimate of drug-likeness (QED) is 0.125.